The molecule has 0 bridgehead atoms. The summed E-state index contributed by atoms with van der Waals surface area (Å²) in [7, 11) is 1.80. The molecule has 1 aliphatic heterocycles. The van der Waals surface area contributed by atoms with Gasteiger partial charge in [0.1, 0.15) is 12.1 Å². The quantitative estimate of drug-likeness (QED) is 0.168. The molecule has 3 rings (SSSR count). The Labute approximate surface area is 273 Å². The van der Waals surface area contributed by atoms with Crippen molar-refractivity contribution in [2.24, 2.45) is 5.41 Å². The number of anilines is 2. The lowest BCUT2D eigenvalue weighted by atomic mass is 9.92. The first-order valence-electron chi connectivity index (χ1n) is 15.0. The van der Waals surface area contributed by atoms with E-state index in [1.807, 2.05) is 37.8 Å². The van der Waals surface area contributed by atoms with E-state index in [0.29, 0.717) is 29.4 Å². The fraction of sp³-hybridized carbons (Fsp3) is 0.424. The van der Waals surface area contributed by atoms with E-state index >= 15 is 0 Å². The van der Waals surface area contributed by atoms with Gasteiger partial charge in [0.25, 0.3) is 0 Å². The predicted octanol–water partition coefficient (Wildman–Crippen LogP) is 4.68. The van der Waals surface area contributed by atoms with E-state index in [-0.39, 0.29) is 36.5 Å². The molecule has 2 aromatic carbocycles. The Hall–Kier alpha value is -4.42. The number of carboxylic acids is 2. The third-order valence-corrected chi connectivity index (χ3v) is 7.69. The summed E-state index contributed by atoms with van der Waals surface area (Å²) in [6, 6.07) is 10.8. The lowest BCUT2D eigenvalue weighted by molar-refractivity contribution is -0.142. The molecular weight excluding hydrogens is 614 g/mol. The van der Waals surface area contributed by atoms with E-state index in [9.17, 15) is 34.2 Å². The molecule has 4 unspecified atom stereocenters. The van der Waals surface area contributed by atoms with Crippen molar-refractivity contribution >= 4 is 52.8 Å². The molecule has 2 aromatic rings. The number of carbonyl (C=O) groups excluding carboxylic acids is 3. The Balaban J connectivity index is 1.51. The third-order valence-electron chi connectivity index (χ3n) is 7.44. The van der Waals surface area contributed by atoms with Gasteiger partial charge in [-0.25, -0.2) is 14.4 Å². The van der Waals surface area contributed by atoms with Gasteiger partial charge >= 0.3 is 18.0 Å². The highest BCUT2D eigenvalue weighted by Crippen LogP contribution is 2.31. The van der Waals surface area contributed by atoms with Crippen LogP contribution in [0.5, 0.6) is 0 Å². The van der Waals surface area contributed by atoms with Gasteiger partial charge in [-0.1, -0.05) is 56.7 Å². The van der Waals surface area contributed by atoms with Gasteiger partial charge in [-0.15, -0.1) is 0 Å². The molecule has 1 heterocycles. The van der Waals surface area contributed by atoms with Crippen LogP contribution in [0.1, 0.15) is 57.9 Å². The van der Waals surface area contributed by atoms with Gasteiger partial charge in [0, 0.05) is 29.4 Å². The van der Waals surface area contributed by atoms with Gasteiger partial charge in [0.15, 0.2) is 0 Å². The SMILES string of the molecule is CN1CC(c2ccc(NC(=O)Nc3ccc(Cl)cc3)cc2)CC1C(=O)NC(C/C=C/CC(NC(=O)CC(C)(C)C)C(=O)O)C(=O)O. The molecule has 0 aromatic heterocycles. The highest BCUT2D eigenvalue weighted by molar-refractivity contribution is 6.30. The highest BCUT2D eigenvalue weighted by Gasteiger charge is 2.36. The zero-order chi connectivity index (χ0) is 34.0. The maximum atomic E-state index is 13.1. The first-order chi connectivity index (χ1) is 21.6. The van der Waals surface area contributed by atoms with Crippen LogP contribution >= 0.6 is 11.6 Å². The zero-order valence-electron chi connectivity index (χ0n) is 26.4. The molecule has 6 N–H and O–H groups in total. The van der Waals surface area contributed by atoms with Crippen LogP contribution in [0, 0.1) is 5.41 Å². The molecule has 0 aliphatic carbocycles. The Bertz CT molecular complexity index is 1420. The Morgan fingerprint density at radius 1 is 0.870 bits per heavy atom. The summed E-state index contributed by atoms with van der Waals surface area (Å²) in [6.45, 7) is 6.19. The van der Waals surface area contributed by atoms with Crippen LogP contribution in [0.2, 0.25) is 5.02 Å². The molecule has 12 nitrogen and oxygen atoms in total. The molecule has 248 valence electrons. The summed E-state index contributed by atoms with van der Waals surface area (Å²) >= 11 is 5.88. The number of nitrogens with zero attached hydrogens (tertiary/aromatic N) is 1. The number of aliphatic carboxylic acids is 2. The second-order valence-corrected chi connectivity index (χ2v) is 13.1. The summed E-state index contributed by atoms with van der Waals surface area (Å²) in [6.07, 6.45) is 3.55. The van der Waals surface area contributed by atoms with Crippen LogP contribution in [0.25, 0.3) is 0 Å². The number of carboxylic acid groups (broad SMARTS) is 2. The van der Waals surface area contributed by atoms with Crippen LogP contribution < -0.4 is 21.3 Å². The van der Waals surface area contributed by atoms with Crippen LogP contribution in [-0.2, 0) is 19.2 Å². The number of nitrogens with one attached hydrogen (secondary N) is 4. The Morgan fingerprint density at radius 3 is 1.87 bits per heavy atom. The van der Waals surface area contributed by atoms with E-state index in [2.05, 4.69) is 21.3 Å². The van der Waals surface area contributed by atoms with Gasteiger partial charge < -0.3 is 31.5 Å². The van der Waals surface area contributed by atoms with Crippen molar-refractivity contribution in [3.8, 4) is 0 Å². The number of urea groups is 1. The minimum Gasteiger partial charge on any atom is -0.480 e. The molecule has 1 saturated heterocycles. The molecule has 4 amide bonds. The van der Waals surface area contributed by atoms with E-state index in [0.717, 1.165) is 5.56 Å². The number of benzene rings is 2. The van der Waals surface area contributed by atoms with Crippen molar-refractivity contribution in [1.82, 2.24) is 15.5 Å². The summed E-state index contributed by atoms with van der Waals surface area (Å²) in [5, 5.41) is 30.3. The molecule has 0 radical (unpaired) electrons. The van der Waals surface area contributed by atoms with Crippen molar-refractivity contribution in [2.75, 3.05) is 24.2 Å². The predicted molar refractivity (Wildman–Crippen MR) is 176 cm³/mol. The average Bonchev–Trinajstić information content (AvgIpc) is 3.35. The van der Waals surface area contributed by atoms with Crippen molar-refractivity contribution < 1.29 is 34.2 Å². The number of carbonyl (C=O) groups is 5. The van der Waals surface area contributed by atoms with E-state index in [4.69, 9.17) is 11.6 Å². The maximum Gasteiger partial charge on any atom is 0.326 e. The molecular formula is C33H42ClN5O7. The smallest absolute Gasteiger partial charge is 0.326 e. The molecule has 1 aliphatic rings. The molecule has 46 heavy (non-hydrogen) atoms. The van der Waals surface area contributed by atoms with Gasteiger partial charge in [-0.2, -0.15) is 0 Å². The van der Waals surface area contributed by atoms with Gasteiger partial charge in [-0.3, -0.25) is 14.5 Å². The monoisotopic (exact) mass is 655 g/mol. The minimum absolute atomic E-state index is 0.0160. The first-order valence-corrected chi connectivity index (χ1v) is 15.3. The minimum atomic E-state index is -1.22. The molecule has 13 heteroatoms. The van der Waals surface area contributed by atoms with Crippen molar-refractivity contribution in [2.45, 2.75) is 70.5 Å². The van der Waals surface area contributed by atoms with E-state index < -0.39 is 42.0 Å². The van der Waals surface area contributed by atoms with Gasteiger partial charge in [0.2, 0.25) is 11.8 Å². The van der Waals surface area contributed by atoms with Crippen molar-refractivity contribution in [3.05, 3.63) is 71.3 Å². The molecule has 1 fully saturated rings. The Kier molecular flexibility index (Phi) is 12.7. The number of hydrogen-bond donors (Lipinski definition) is 6. The van der Waals surface area contributed by atoms with Gasteiger partial charge in [0.05, 0.1) is 6.04 Å². The number of rotatable bonds is 13. The number of likely N-dealkylation sites (tertiary alicyclic amines) is 1. The van der Waals surface area contributed by atoms with Crippen LogP contribution in [-0.4, -0.2) is 76.6 Å². The number of likely N-dealkylation sites (N-methyl/N-ethyl adjacent to an activating group) is 1. The van der Waals surface area contributed by atoms with Crippen LogP contribution in [0.3, 0.4) is 0 Å². The van der Waals surface area contributed by atoms with Crippen LogP contribution in [0.15, 0.2) is 60.7 Å². The number of amides is 4. The normalized spacial score (nSPS) is 18.0. The van der Waals surface area contributed by atoms with Gasteiger partial charge in [-0.05, 0) is 79.6 Å². The van der Waals surface area contributed by atoms with Crippen LogP contribution in [0.4, 0.5) is 16.2 Å². The number of halogens is 1. The second-order valence-electron chi connectivity index (χ2n) is 12.6. The van der Waals surface area contributed by atoms with Crippen molar-refractivity contribution in [3.63, 3.8) is 0 Å². The molecule has 0 spiro atoms. The summed E-state index contributed by atoms with van der Waals surface area (Å²) in [5.41, 5.74) is 1.87. The van der Waals surface area contributed by atoms with Crippen molar-refractivity contribution in [1.29, 1.82) is 0 Å². The third kappa shape index (κ3) is 11.5. The lowest BCUT2D eigenvalue weighted by Crippen LogP contribution is -2.48. The Morgan fingerprint density at radius 2 is 1.37 bits per heavy atom. The topological polar surface area (TPSA) is 177 Å². The zero-order valence-corrected chi connectivity index (χ0v) is 27.1. The molecule has 0 saturated carbocycles. The summed E-state index contributed by atoms with van der Waals surface area (Å²) < 4.78 is 0. The average molecular weight is 656 g/mol. The van der Waals surface area contributed by atoms with E-state index in [1.54, 1.807) is 43.4 Å². The fourth-order valence-electron chi connectivity index (χ4n) is 5.12. The highest BCUT2D eigenvalue weighted by atomic mass is 35.5. The lowest BCUT2D eigenvalue weighted by Gasteiger charge is -2.21. The summed E-state index contributed by atoms with van der Waals surface area (Å²) in [4.78, 5) is 63.0. The van der Waals surface area contributed by atoms with E-state index in [1.165, 1.54) is 12.2 Å². The fourth-order valence-corrected chi connectivity index (χ4v) is 5.24. The molecule has 4 atom stereocenters. The largest absolute Gasteiger partial charge is 0.480 e. The summed E-state index contributed by atoms with van der Waals surface area (Å²) in [5.74, 6) is -3.19. The maximum absolute atomic E-state index is 13.1. The standard InChI is InChI=1S/C33H42ClN5O7/c1-33(2,3)18-28(40)37-25(30(42)43)7-5-6-8-26(31(44)45)38-29(41)27-17-21(19-39(27)4)20-9-13-23(14-10-20)35-32(46)36-24-15-11-22(34)12-16-24/h5-6,9-16,21,25-27H,7-8,17-19H2,1-4H3,(H,37,40)(H,38,41)(H,42,43)(H,44,45)(H2,35,36,46)/b6-5+. The first kappa shape index (κ1) is 36.1. The number of hydrogen-bond acceptors (Lipinski definition) is 6. The second kappa shape index (κ2) is 16.2.